The standard InChI is InChI=1S/C31H28F4N6O3S/c1-18(2)24-11-4-19(3)14-26(24)41-27(42)16-45-30(41)38-29(43)36-13-12-20-5-6-21(15-25(20)32)28-37-17-40(39-28)22-7-9-23(10-8-22)44-31(33,34)35/h4-11,14-15,17-18H,12-13,16H2,1-3H3,(H,36,43). The average Bonchev–Trinajstić information content (AvgIpc) is 3.60. The Kier molecular flexibility index (Phi) is 9.23. The van der Waals surface area contributed by atoms with Crippen LogP contribution in [-0.2, 0) is 11.2 Å². The van der Waals surface area contributed by atoms with Gasteiger partial charge in [-0.1, -0.05) is 49.9 Å². The molecule has 234 valence electrons. The van der Waals surface area contributed by atoms with Crippen LogP contribution in [0.2, 0.25) is 0 Å². The van der Waals surface area contributed by atoms with E-state index in [1.54, 1.807) is 12.1 Å². The summed E-state index contributed by atoms with van der Waals surface area (Å²) in [6, 6.07) is 14.8. The van der Waals surface area contributed by atoms with Crippen molar-refractivity contribution in [3.8, 4) is 22.8 Å². The number of nitrogens with one attached hydrogen (secondary N) is 1. The average molecular weight is 641 g/mol. The van der Waals surface area contributed by atoms with Crippen molar-refractivity contribution < 1.29 is 31.9 Å². The molecule has 1 saturated heterocycles. The van der Waals surface area contributed by atoms with Crippen molar-refractivity contribution >= 4 is 34.6 Å². The van der Waals surface area contributed by atoms with E-state index >= 15 is 0 Å². The third-order valence-corrected chi connectivity index (χ3v) is 7.74. The number of amidine groups is 1. The number of ether oxygens (including phenoxy) is 1. The van der Waals surface area contributed by atoms with E-state index in [2.05, 4.69) is 25.1 Å². The Balaban J connectivity index is 1.20. The third kappa shape index (κ3) is 7.69. The Morgan fingerprint density at radius 3 is 2.56 bits per heavy atom. The lowest BCUT2D eigenvalue weighted by atomic mass is 9.99. The number of alkyl halides is 3. The van der Waals surface area contributed by atoms with Crippen molar-refractivity contribution in [3.05, 3.63) is 89.5 Å². The molecule has 1 aromatic heterocycles. The summed E-state index contributed by atoms with van der Waals surface area (Å²) in [7, 11) is 0. The second kappa shape index (κ2) is 13.1. The molecule has 1 N–H and O–H groups in total. The smallest absolute Gasteiger partial charge is 0.406 e. The molecule has 4 aromatic rings. The molecule has 3 aromatic carbocycles. The molecule has 1 fully saturated rings. The summed E-state index contributed by atoms with van der Waals surface area (Å²) >= 11 is 1.19. The van der Waals surface area contributed by atoms with Crippen LogP contribution in [0.1, 0.15) is 36.5 Å². The minimum absolute atomic E-state index is 0.104. The first-order valence-corrected chi connectivity index (χ1v) is 14.9. The van der Waals surface area contributed by atoms with Crippen LogP contribution < -0.4 is 15.0 Å². The number of halogens is 4. The number of carbonyl (C=O) groups excluding carboxylic acids is 2. The lowest BCUT2D eigenvalue weighted by molar-refractivity contribution is -0.274. The van der Waals surface area contributed by atoms with Gasteiger partial charge in [0.15, 0.2) is 11.0 Å². The van der Waals surface area contributed by atoms with Gasteiger partial charge in [-0.15, -0.1) is 18.3 Å². The summed E-state index contributed by atoms with van der Waals surface area (Å²) in [5.41, 5.74) is 3.83. The van der Waals surface area contributed by atoms with Gasteiger partial charge in [-0.3, -0.25) is 9.69 Å². The Morgan fingerprint density at radius 2 is 1.87 bits per heavy atom. The van der Waals surface area contributed by atoms with Crippen LogP contribution in [0.15, 0.2) is 72.0 Å². The molecule has 1 aliphatic heterocycles. The molecule has 1 aliphatic rings. The molecule has 0 saturated carbocycles. The normalized spacial score (nSPS) is 14.4. The first-order chi connectivity index (χ1) is 21.4. The lowest BCUT2D eigenvalue weighted by Gasteiger charge is -2.22. The molecule has 5 rings (SSSR count). The summed E-state index contributed by atoms with van der Waals surface area (Å²) < 4.78 is 57.4. The van der Waals surface area contributed by atoms with E-state index in [4.69, 9.17) is 0 Å². The fourth-order valence-corrected chi connectivity index (χ4v) is 5.52. The molecule has 9 nitrogen and oxygen atoms in total. The number of amides is 3. The highest BCUT2D eigenvalue weighted by atomic mass is 32.2. The first kappa shape index (κ1) is 31.7. The summed E-state index contributed by atoms with van der Waals surface area (Å²) in [5, 5.41) is 7.24. The molecule has 3 amide bonds. The van der Waals surface area contributed by atoms with Gasteiger partial charge < -0.3 is 10.1 Å². The van der Waals surface area contributed by atoms with Crippen molar-refractivity contribution in [1.29, 1.82) is 0 Å². The van der Waals surface area contributed by atoms with Crippen molar-refractivity contribution in [2.75, 3.05) is 17.2 Å². The maximum absolute atomic E-state index is 15.0. The number of aryl methyl sites for hydroxylation is 1. The van der Waals surface area contributed by atoms with Crippen molar-refractivity contribution in [2.45, 2.75) is 39.5 Å². The number of carbonyl (C=O) groups is 2. The Hall–Kier alpha value is -4.72. The molecule has 45 heavy (non-hydrogen) atoms. The third-order valence-electron chi connectivity index (χ3n) is 6.82. The summed E-state index contributed by atoms with van der Waals surface area (Å²) in [5.74, 6) is -0.515. The number of rotatable bonds is 8. The molecule has 0 aliphatic carbocycles. The van der Waals surface area contributed by atoms with Crippen LogP contribution in [0.25, 0.3) is 17.1 Å². The highest BCUT2D eigenvalue weighted by Crippen LogP contribution is 2.34. The Morgan fingerprint density at radius 1 is 1.11 bits per heavy atom. The molecular weight excluding hydrogens is 612 g/mol. The highest BCUT2D eigenvalue weighted by molar-refractivity contribution is 8.15. The van der Waals surface area contributed by atoms with Gasteiger partial charge in [-0.05, 0) is 72.4 Å². The molecule has 0 radical (unpaired) electrons. The van der Waals surface area contributed by atoms with Crippen molar-refractivity contribution in [3.63, 3.8) is 0 Å². The molecule has 0 bridgehead atoms. The number of urea groups is 1. The van der Waals surface area contributed by atoms with Gasteiger partial charge in [0.2, 0.25) is 5.91 Å². The predicted molar refractivity (Wildman–Crippen MR) is 163 cm³/mol. The zero-order valence-electron chi connectivity index (χ0n) is 24.4. The molecule has 2 heterocycles. The Labute approximate surface area is 260 Å². The first-order valence-electron chi connectivity index (χ1n) is 13.9. The fourth-order valence-electron chi connectivity index (χ4n) is 4.66. The van der Waals surface area contributed by atoms with Crippen LogP contribution in [0.3, 0.4) is 0 Å². The number of hydrogen-bond acceptors (Lipinski definition) is 6. The summed E-state index contributed by atoms with van der Waals surface area (Å²) in [6.45, 7) is 6.10. The van der Waals surface area contributed by atoms with Crippen LogP contribution in [0.4, 0.5) is 28.0 Å². The topological polar surface area (TPSA) is 102 Å². The number of aliphatic imine (C=N–C) groups is 1. The maximum atomic E-state index is 15.0. The number of anilines is 1. The van der Waals surface area contributed by atoms with E-state index in [0.717, 1.165) is 23.3 Å². The molecule has 14 heteroatoms. The second-order valence-electron chi connectivity index (χ2n) is 10.5. The van der Waals surface area contributed by atoms with Gasteiger partial charge >= 0.3 is 12.4 Å². The number of benzene rings is 3. The van der Waals surface area contributed by atoms with Crippen LogP contribution in [0, 0.1) is 12.7 Å². The van der Waals surface area contributed by atoms with Crippen molar-refractivity contribution in [1.82, 2.24) is 20.1 Å². The number of thioether (sulfide) groups is 1. The number of nitrogens with zero attached hydrogens (tertiary/aromatic N) is 5. The largest absolute Gasteiger partial charge is 0.573 e. The van der Waals surface area contributed by atoms with Gasteiger partial charge in [-0.2, -0.15) is 4.99 Å². The zero-order chi connectivity index (χ0) is 32.3. The second-order valence-corrected chi connectivity index (χ2v) is 11.4. The van der Waals surface area contributed by atoms with E-state index in [0.29, 0.717) is 22.5 Å². The SMILES string of the molecule is Cc1ccc(C(C)C)c(N2C(=O)CSC2=NC(=O)NCCc2ccc(-c3ncn(-c4ccc(OC(F)(F)F)cc4)n3)cc2F)c1. The monoisotopic (exact) mass is 640 g/mol. The quantitative estimate of drug-likeness (QED) is 0.213. The molecule has 0 spiro atoms. The highest BCUT2D eigenvalue weighted by Gasteiger charge is 2.33. The van der Waals surface area contributed by atoms with E-state index in [1.807, 2.05) is 39.0 Å². The van der Waals surface area contributed by atoms with E-state index < -0.39 is 18.2 Å². The predicted octanol–water partition coefficient (Wildman–Crippen LogP) is 6.79. The Bertz CT molecular complexity index is 1750. The van der Waals surface area contributed by atoms with Gasteiger partial charge in [0, 0.05) is 12.1 Å². The number of hydrogen-bond donors (Lipinski definition) is 1. The fraction of sp³-hybridized carbons (Fsp3) is 0.258. The minimum Gasteiger partial charge on any atom is -0.406 e. The van der Waals surface area contributed by atoms with Gasteiger partial charge in [0.1, 0.15) is 17.9 Å². The van der Waals surface area contributed by atoms with E-state index in [-0.39, 0.29) is 47.3 Å². The summed E-state index contributed by atoms with van der Waals surface area (Å²) in [4.78, 5) is 35.2. The van der Waals surface area contributed by atoms with E-state index in [9.17, 15) is 27.2 Å². The molecular formula is C31H28F4N6O3S. The zero-order valence-corrected chi connectivity index (χ0v) is 25.2. The number of aromatic nitrogens is 3. The van der Waals surface area contributed by atoms with E-state index in [1.165, 1.54) is 45.9 Å². The van der Waals surface area contributed by atoms with Crippen LogP contribution in [-0.4, -0.2) is 50.5 Å². The minimum atomic E-state index is -4.80. The molecule has 0 unspecified atom stereocenters. The summed E-state index contributed by atoms with van der Waals surface area (Å²) in [6.07, 6.45) is -3.25. The maximum Gasteiger partial charge on any atom is 0.573 e. The van der Waals surface area contributed by atoms with Gasteiger partial charge in [0.05, 0.1) is 17.1 Å². The van der Waals surface area contributed by atoms with Crippen LogP contribution in [0.5, 0.6) is 5.75 Å². The van der Waals surface area contributed by atoms with Crippen molar-refractivity contribution in [2.24, 2.45) is 4.99 Å². The van der Waals surface area contributed by atoms with Crippen LogP contribution >= 0.6 is 11.8 Å². The lowest BCUT2D eigenvalue weighted by Crippen LogP contribution is -2.32. The van der Waals surface area contributed by atoms with Gasteiger partial charge in [0.25, 0.3) is 0 Å². The molecule has 0 atom stereocenters. The van der Waals surface area contributed by atoms with Gasteiger partial charge in [-0.25, -0.2) is 18.9 Å².